The quantitative estimate of drug-likeness (QED) is 0.378. The molecule has 7 heteroatoms. The number of carbonyl (C=O) groups is 3. The van der Waals surface area contributed by atoms with Gasteiger partial charge in [-0.1, -0.05) is 60.0 Å². The lowest BCUT2D eigenvalue weighted by atomic mass is 10.00. The molecule has 188 valence electrons. The first-order valence-corrected chi connectivity index (χ1v) is 12.1. The molecule has 0 aliphatic carbocycles. The summed E-state index contributed by atoms with van der Waals surface area (Å²) in [7, 11) is 1.59. The molecule has 32 heavy (non-hydrogen) atoms. The zero-order valence-corrected chi connectivity index (χ0v) is 21.8. The Kier molecular flexibility index (Phi) is 19.9. The molecule has 0 aromatic heterocycles. The van der Waals surface area contributed by atoms with Crippen molar-refractivity contribution in [2.75, 3.05) is 26.7 Å². The molecule has 1 heterocycles. The standard InChI is InChI=1S/C12H20N2O4.C9H19N.C4H10/c1-8(2)10(5-9(3)12(17)18)14(4)11(16)6-13-7-15;1-3-9(2)10-7-5-4-6-8-10;1-3-4-2/h5,7-8,10H,6H2,1-4H3,(H,13,15)(H,17,18);9H,3-8H2,1-2H3;3-4H2,1-2H3/b9-5+;;/t10-;;/m1../s1. The van der Waals surface area contributed by atoms with Crippen LogP contribution in [0, 0.1) is 5.92 Å². The van der Waals surface area contributed by atoms with Gasteiger partial charge in [-0.25, -0.2) is 4.79 Å². The number of carboxylic acid groups (broad SMARTS) is 1. The molecule has 0 aromatic rings. The highest BCUT2D eigenvalue weighted by Gasteiger charge is 2.21. The number of nitrogens with one attached hydrogen (secondary N) is 1. The third kappa shape index (κ3) is 15.0. The normalized spacial score (nSPS) is 16.0. The van der Waals surface area contributed by atoms with Crippen LogP contribution < -0.4 is 5.32 Å². The summed E-state index contributed by atoms with van der Waals surface area (Å²) in [5.41, 5.74) is 0.191. The molecule has 2 atom stereocenters. The van der Waals surface area contributed by atoms with E-state index in [9.17, 15) is 14.4 Å². The maximum absolute atomic E-state index is 11.7. The predicted molar refractivity (Wildman–Crippen MR) is 133 cm³/mol. The van der Waals surface area contributed by atoms with E-state index in [1.165, 1.54) is 63.4 Å². The number of hydrogen-bond donors (Lipinski definition) is 2. The lowest BCUT2D eigenvalue weighted by Gasteiger charge is -2.31. The van der Waals surface area contributed by atoms with Crippen molar-refractivity contribution in [2.24, 2.45) is 5.92 Å². The number of amides is 2. The largest absolute Gasteiger partial charge is 0.478 e. The molecule has 2 amide bonds. The molecule has 0 aromatic carbocycles. The molecule has 1 aliphatic heterocycles. The topological polar surface area (TPSA) is 90.0 Å². The minimum absolute atomic E-state index is 0.0736. The number of piperidine rings is 1. The second-order valence-corrected chi connectivity index (χ2v) is 8.75. The van der Waals surface area contributed by atoms with Gasteiger partial charge in [0.15, 0.2) is 0 Å². The van der Waals surface area contributed by atoms with Crippen molar-refractivity contribution >= 4 is 18.3 Å². The number of carbonyl (C=O) groups excluding carboxylic acids is 2. The van der Waals surface area contributed by atoms with Gasteiger partial charge in [-0.15, -0.1) is 0 Å². The van der Waals surface area contributed by atoms with Gasteiger partial charge in [-0.3, -0.25) is 9.59 Å². The number of carboxylic acids is 1. The van der Waals surface area contributed by atoms with E-state index in [0.29, 0.717) is 6.41 Å². The van der Waals surface area contributed by atoms with Crippen LogP contribution in [-0.4, -0.2) is 72.0 Å². The van der Waals surface area contributed by atoms with Gasteiger partial charge in [0.1, 0.15) is 0 Å². The van der Waals surface area contributed by atoms with Crippen molar-refractivity contribution in [3.63, 3.8) is 0 Å². The predicted octanol–water partition coefficient (Wildman–Crippen LogP) is 4.32. The lowest BCUT2D eigenvalue weighted by Crippen LogP contribution is -2.43. The highest BCUT2D eigenvalue weighted by molar-refractivity contribution is 5.86. The second-order valence-electron chi connectivity index (χ2n) is 8.75. The van der Waals surface area contributed by atoms with Crippen molar-refractivity contribution in [3.8, 4) is 0 Å². The number of likely N-dealkylation sites (tertiary alicyclic amines) is 1. The first kappa shape index (κ1) is 32.3. The fraction of sp³-hybridized carbons (Fsp3) is 0.800. The fourth-order valence-electron chi connectivity index (χ4n) is 3.12. The Hall–Kier alpha value is -1.89. The number of nitrogens with zero attached hydrogens (tertiary/aromatic N) is 2. The van der Waals surface area contributed by atoms with E-state index in [-0.39, 0.29) is 30.0 Å². The third-order valence-corrected chi connectivity index (χ3v) is 5.72. The van der Waals surface area contributed by atoms with Gasteiger partial charge in [-0.05, 0) is 52.1 Å². The van der Waals surface area contributed by atoms with Crippen LogP contribution in [0.2, 0.25) is 0 Å². The Morgan fingerprint density at radius 3 is 1.97 bits per heavy atom. The fourth-order valence-corrected chi connectivity index (χ4v) is 3.12. The van der Waals surface area contributed by atoms with Crippen molar-refractivity contribution in [2.45, 2.75) is 99.1 Å². The summed E-state index contributed by atoms with van der Waals surface area (Å²) in [5, 5.41) is 11.1. The average Bonchev–Trinajstić information content (AvgIpc) is 2.80. The summed E-state index contributed by atoms with van der Waals surface area (Å²) >= 11 is 0. The Bertz CT molecular complexity index is 541. The van der Waals surface area contributed by atoms with Crippen molar-refractivity contribution < 1.29 is 19.5 Å². The summed E-state index contributed by atoms with van der Waals surface area (Å²) < 4.78 is 0. The summed E-state index contributed by atoms with van der Waals surface area (Å²) in [6.45, 7) is 16.8. The van der Waals surface area contributed by atoms with E-state index in [1.54, 1.807) is 13.1 Å². The molecule has 1 fully saturated rings. The zero-order valence-electron chi connectivity index (χ0n) is 21.8. The van der Waals surface area contributed by atoms with Gasteiger partial charge in [0.25, 0.3) is 0 Å². The Morgan fingerprint density at radius 1 is 1.06 bits per heavy atom. The van der Waals surface area contributed by atoms with Gasteiger partial charge in [0.2, 0.25) is 12.3 Å². The third-order valence-electron chi connectivity index (χ3n) is 5.72. The van der Waals surface area contributed by atoms with Crippen molar-refractivity contribution in [3.05, 3.63) is 11.6 Å². The second kappa shape index (κ2) is 19.8. The van der Waals surface area contributed by atoms with Gasteiger partial charge in [0, 0.05) is 18.7 Å². The van der Waals surface area contributed by atoms with Crippen LogP contribution in [0.15, 0.2) is 11.6 Å². The van der Waals surface area contributed by atoms with E-state index in [4.69, 9.17) is 5.11 Å². The molecule has 0 spiro atoms. The summed E-state index contributed by atoms with van der Waals surface area (Å²) in [6.07, 6.45) is 10.2. The van der Waals surface area contributed by atoms with Crippen LogP contribution in [-0.2, 0) is 14.4 Å². The van der Waals surface area contributed by atoms with Crippen LogP contribution in [0.4, 0.5) is 0 Å². The highest BCUT2D eigenvalue weighted by atomic mass is 16.4. The molecule has 2 N–H and O–H groups in total. The van der Waals surface area contributed by atoms with E-state index in [1.807, 2.05) is 13.8 Å². The van der Waals surface area contributed by atoms with E-state index in [2.05, 4.69) is 37.9 Å². The Balaban J connectivity index is 0. The van der Waals surface area contributed by atoms with Gasteiger partial charge in [-0.2, -0.15) is 0 Å². The minimum Gasteiger partial charge on any atom is -0.478 e. The van der Waals surface area contributed by atoms with Crippen LogP contribution in [0.1, 0.15) is 87.0 Å². The molecule has 0 bridgehead atoms. The Morgan fingerprint density at radius 2 is 1.59 bits per heavy atom. The zero-order chi connectivity index (χ0) is 25.1. The first-order valence-electron chi connectivity index (χ1n) is 12.1. The molecule has 1 rings (SSSR count). The molecule has 1 unspecified atom stereocenters. The molecule has 0 radical (unpaired) electrons. The number of rotatable bonds is 10. The number of aliphatic carboxylic acids is 1. The Labute approximate surface area is 196 Å². The van der Waals surface area contributed by atoms with Crippen LogP contribution in [0.5, 0.6) is 0 Å². The number of unbranched alkanes of at least 4 members (excludes halogenated alkanes) is 1. The van der Waals surface area contributed by atoms with Crippen LogP contribution >= 0.6 is 0 Å². The van der Waals surface area contributed by atoms with E-state index >= 15 is 0 Å². The lowest BCUT2D eigenvalue weighted by molar-refractivity contribution is -0.133. The molecule has 1 saturated heterocycles. The monoisotopic (exact) mass is 455 g/mol. The van der Waals surface area contributed by atoms with Crippen LogP contribution in [0.25, 0.3) is 0 Å². The van der Waals surface area contributed by atoms with Gasteiger partial charge < -0.3 is 20.2 Å². The van der Waals surface area contributed by atoms with E-state index < -0.39 is 5.97 Å². The molecular formula is C25H49N3O4. The van der Waals surface area contributed by atoms with Crippen molar-refractivity contribution in [1.82, 2.24) is 15.1 Å². The average molecular weight is 456 g/mol. The van der Waals surface area contributed by atoms with Gasteiger partial charge >= 0.3 is 5.97 Å². The van der Waals surface area contributed by atoms with E-state index in [0.717, 1.165) is 6.04 Å². The molecule has 1 aliphatic rings. The maximum atomic E-state index is 11.7. The van der Waals surface area contributed by atoms with Gasteiger partial charge in [0.05, 0.1) is 12.6 Å². The van der Waals surface area contributed by atoms with Crippen molar-refractivity contribution in [1.29, 1.82) is 0 Å². The van der Waals surface area contributed by atoms with Crippen LogP contribution in [0.3, 0.4) is 0 Å². The first-order chi connectivity index (χ1) is 15.1. The molecule has 0 saturated carbocycles. The summed E-state index contributed by atoms with van der Waals surface area (Å²) in [5.74, 6) is -1.20. The number of likely N-dealkylation sites (N-methyl/N-ethyl adjacent to an activating group) is 1. The molecular weight excluding hydrogens is 406 g/mol. The number of hydrogen-bond acceptors (Lipinski definition) is 4. The smallest absolute Gasteiger partial charge is 0.331 e. The highest BCUT2D eigenvalue weighted by Crippen LogP contribution is 2.14. The maximum Gasteiger partial charge on any atom is 0.331 e. The minimum atomic E-state index is -1.01. The SMILES string of the molecule is C/C(=C\[C@H](C(C)C)N(C)C(=O)CNC=O)C(=O)O.CCC(C)N1CCCCC1.CCCC. The molecule has 7 nitrogen and oxygen atoms in total. The summed E-state index contributed by atoms with van der Waals surface area (Å²) in [6, 6.07) is 0.502. The summed E-state index contributed by atoms with van der Waals surface area (Å²) in [4.78, 5) is 36.7.